The molecule has 7 heteroatoms. The van der Waals surface area contributed by atoms with Crippen LogP contribution >= 0.6 is 23.2 Å². The Morgan fingerprint density at radius 1 is 1.38 bits per heavy atom. The molecular formula is C9H8Cl2N4O. The molecular weight excluding hydrogens is 251 g/mol. The first-order valence-corrected chi connectivity index (χ1v) is 5.17. The maximum absolute atomic E-state index is 5.86. The van der Waals surface area contributed by atoms with Crippen molar-refractivity contribution < 1.29 is 4.74 Å². The predicted molar refractivity (Wildman–Crippen MR) is 59.9 cm³/mol. The number of aromatic nitrogens is 4. The van der Waals surface area contributed by atoms with E-state index in [9.17, 15) is 0 Å². The van der Waals surface area contributed by atoms with Crippen molar-refractivity contribution in [1.29, 1.82) is 0 Å². The predicted octanol–water partition coefficient (Wildman–Crippen LogP) is 2.12. The van der Waals surface area contributed by atoms with Crippen LogP contribution < -0.4 is 0 Å². The fourth-order valence-electron chi connectivity index (χ4n) is 1.19. The summed E-state index contributed by atoms with van der Waals surface area (Å²) in [6, 6.07) is 1.60. The monoisotopic (exact) mass is 258 g/mol. The van der Waals surface area contributed by atoms with E-state index in [1.165, 1.54) is 10.9 Å². The van der Waals surface area contributed by atoms with Crippen LogP contribution in [0.3, 0.4) is 0 Å². The summed E-state index contributed by atoms with van der Waals surface area (Å²) in [6.45, 7) is 0.294. The van der Waals surface area contributed by atoms with Gasteiger partial charge in [-0.05, 0) is 0 Å². The smallest absolute Gasteiger partial charge is 0.158 e. The average molecular weight is 259 g/mol. The van der Waals surface area contributed by atoms with Crippen LogP contribution in [0.2, 0.25) is 10.2 Å². The van der Waals surface area contributed by atoms with Crippen molar-refractivity contribution in [2.24, 2.45) is 0 Å². The second kappa shape index (κ2) is 4.78. The summed E-state index contributed by atoms with van der Waals surface area (Å²) < 4.78 is 6.46. The summed E-state index contributed by atoms with van der Waals surface area (Å²) in [5.74, 6) is 1.05. The van der Waals surface area contributed by atoms with Gasteiger partial charge in [-0.15, -0.1) is 0 Å². The largest absolute Gasteiger partial charge is 0.377 e. The normalized spacial score (nSPS) is 10.7. The first kappa shape index (κ1) is 11.3. The van der Waals surface area contributed by atoms with Crippen LogP contribution in [-0.4, -0.2) is 26.9 Å². The molecule has 0 N–H and O–H groups in total. The number of nitrogens with zero attached hydrogens (tertiary/aromatic N) is 4. The van der Waals surface area contributed by atoms with Gasteiger partial charge >= 0.3 is 0 Å². The molecule has 0 fully saturated rings. The van der Waals surface area contributed by atoms with Crippen LogP contribution in [0.15, 0.2) is 18.5 Å². The third-order valence-electron chi connectivity index (χ3n) is 1.79. The fourth-order valence-corrected chi connectivity index (χ4v) is 1.52. The van der Waals surface area contributed by atoms with Gasteiger partial charge in [0.05, 0.1) is 17.4 Å². The van der Waals surface area contributed by atoms with Crippen LogP contribution in [0.5, 0.6) is 0 Å². The van der Waals surface area contributed by atoms with Crippen LogP contribution in [0.4, 0.5) is 0 Å². The number of ether oxygens (including phenoxy) is 1. The van der Waals surface area contributed by atoms with E-state index in [0.29, 0.717) is 28.4 Å². The lowest BCUT2D eigenvalue weighted by Crippen LogP contribution is -2.04. The summed E-state index contributed by atoms with van der Waals surface area (Å²) in [4.78, 5) is 8.24. The molecule has 0 saturated carbocycles. The third kappa shape index (κ3) is 2.49. The lowest BCUT2D eigenvalue weighted by molar-refractivity contribution is 0.177. The molecule has 0 spiro atoms. The van der Waals surface area contributed by atoms with Crippen molar-refractivity contribution >= 4 is 23.2 Å². The first-order chi connectivity index (χ1) is 7.69. The Labute approximate surface area is 102 Å². The minimum Gasteiger partial charge on any atom is -0.377 e. The van der Waals surface area contributed by atoms with Gasteiger partial charge in [0.1, 0.15) is 11.8 Å². The fraction of sp³-hybridized carbons (Fsp3) is 0.222. The zero-order valence-electron chi connectivity index (χ0n) is 8.39. The molecule has 0 unspecified atom stereocenters. The van der Waals surface area contributed by atoms with E-state index in [-0.39, 0.29) is 0 Å². The highest BCUT2D eigenvalue weighted by Gasteiger charge is 2.06. The van der Waals surface area contributed by atoms with Gasteiger partial charge in [0.15, 0.2) is 11.6 Å². The van der Waals surface area contributed by atoms with E-state index in [0.717, 1.165) is 0 Å². The van der Waals surface area contributed by atoms with Gasteiger partial charge in [-0.25, -0.2) is 14.6 Å². The topological polar surface area (TPSA) is 52.8 Å². The Kier molecular flexibility index (Phi) is 3.38. The maximum Gasteiger partial charge on any atom is 0.158 e. The molecule has 5 nitrogen and oxygen atoms in total. The van der Waals surface area contributed by atoms with E-state index in [1.54, 1.807) is 19.4 Å². The number of methoxy groups -OCH3 is 1. The number of halogens is 2. The highest BCUT2D eigenvalue weighted by atomic mass is 35.5. The van der Waals surface area contributed by atoms with Crippen molar-refractivity contribution in [3.05, 3.63) is 34.5 Å². The Morgan fingerprint density at radius 2 is 2.19 bits per heavy atom. The van der Waals surface area contributed by atoms with Gasteiger partial charge < -0.3 is 4.74 Å². The number of hydrogen-bond donors (Lipinski definition) is 0. The van der Waals surface area contributed by atoms with Gasteiger partial charge in [-0.3, -0.25) is 0 Å². The summed E-state index contributed by atoms with van der Waals surface area (Å²) in [7, 11) is 1.56. The van der Waals surface area contributed by atoms with E-state index in [4.69, 9.17) is 27.9 Å². The quantitative estimate of drug-likeness (QED) is 0.792. The van der Waals surface area contributed by atoms with Crippen molar-refractivity contribution in [3.8, 4) is 5.82 Å². The van der Waals surface area contributed by atoms with Crippen LogP contribution in [0.1, 0.15) is 5.82 Å². The second-order valence-electron chi connectivity index (χ2n) is 3.00. The molecule has 0 aromatic carbocycles. The standard InChI is InChI=1S/C9H8Cl2N4O/c1-16-5-8-13-7(11)2-9(14-8)15-4-6(10)3-12-15/h2-4H,5H2,1H3. The molecule has 0 atom stereocenters. The van der Waals surface area contributed by atoms with Crippen molar-refractivity contribution in [3.63, 3.8) is 0 Å². The Morgan fingerprint density at radius 3 is 2.81 bits per heavy atom. The number of hydrogen-bond acceptors (Lipinski definition) is 4. The lowest BCUT2D eigenvalue weighted by Gasteiger charge is -2.03. The molecule has 16 heavy (non-hydrogen) atoms. The average Bonchev–Trinajstić information content (AvgIpc) is 2.64. The molecule has 2 aromatic rings. The van der Waals surface area contributed by atoms with Gasteiger partial charge in [-0.2, -0.15) is 5.10 Å². The molecule has 2 aromatic heterocycles. The first-order valence-electron chi connectivity index (χ1n) is 4.42. The molecule has 0 amide bonds. The minimum atomic E-state index is 0.294. The van der Waals surface area contributed by atoms with E-state index < -0.39 is 0 Å². The maximum atomic E-state index is 5.86. The highest BCUT2D eigenvalue weighted by molar-refractivity contribution is 6.30. The molecule has 84 valence electrons. The Hall–Kier alpha value is -1.17. The van der Waals surface area contributed by atoms with E-state index in [2.05, 4.69) is 15.1 Å². The van der Waals surface area contributed by atoms with Gasteiger partial charge in [0, 0.05) is 13.2 Å². The Bertz CT molecular complexity index is 500. The molecule has 0 aliphatic rings. The zero-order chi connectivity index (χ0) is 11.5. The van der Waals surface area contributed by atoms with Crippen molar-refractivity contribution in [2.75, 3.05) is 7.11 Å². The minimum absolute atomic E-state index is 0.294. The molecule has 0 saturated heterocycles. The molecule has 2 heterocycles. The van der Waals surface area contributed by atoms with Crippen molar-refractivity contribution in [1.82, 2.24) is 19.7 Å². The molecule has 0 radical (unpaired) electrons. The summed E-state index contributed by atoms with van der Waals surface area (Å²) >= 11 is 11.6. The van der Waals surface area contributed by atoms with Gasteiger partial charge in [0.25, 0.3) is 0 Å². The zero-order valence-corrected chi connectivity index (χ0v) is 9.90. The third-order valence-corrected chi connectivity index (χ3v) is 2.18. The highest BCUT2D eigenvalue weighted by Crippen LogP contribution is 2.14. The second-order valence-corrected chi connectivity index (χ2v) is 3.82. The Balaban J connectivity index is 2.40. The molecule has 0 aliphatic carbocycles. The van der Waals surface area contributed by atoms with Crippen LogP contribution in [0, 0.1) is 0 Å². The van der Waals surface area contributed by atoms with Crippen molar-refractivity contribution in [2.45, 2.75) is 6.61 Å². The van der Waals surface area contributed by atoms with Crippen LogP contribution in [0.25, 0.3) is 5.82 Å². The van der Waals surface area contributed by atoms with E-state index >= 15 is 0 Å². The molecule has 0 bridgehead atoms. The summed E-state index contributed by atoms with van der Waals surface area (Å²) in [5, 5.41) is 4.89. The SMILES string of the molecule is COCc1nc(Cl)cc(-n2cc(Cl)cn2)n1. The molecule has 0 aliphatic heterocycles. The van der Waals surface area contributed by atoms with Gasteiger partial charge in [0.2, 0.25) is 0 Å². The van der Waals surface area contributed by atoms with Crippen LogP contribution in [-0.2, 0) is 11.3 Å². The van der Waals surface area contributed by atoms with E-state index in [1.807, 2.05) is 0 Å². The number of rotatable bonds is 3. The summed E-state index contributed by atoms with van der Waals surface area (Å²) in [6.07, 6.45) is 3.16. The molecule has 2 rings (SSSR count). The van der Waals surface area contributed by atoms with Gasteiger partial charge in [-0.1, -0.05) is 23.2 Å². The lowest BCUT2D eigenvalue weighted by atomic mass is 10.5. The summed E-state index contributed by atoms with van der Waals surface area (Å²) in [5.41, 5.74) is 0.